The van der Waals surface area contributed by atoms with Gasteiger partial charge in [-0.15, -0.1) is 0 Å². The van der Waals surface area contributed by atoms with Gasteiger partial charge in [-0.1, -0.05) is 0 Å². The number of aliphatic hydroxyl groups excluding tert-OH is 7. The van der Waals surface area contributed by atoms with Crippen LogP contribution in [0.4, 0.5) is 0 Å². The van der Waals surface area contributed by atoms with Crippen molar-refractivity contribution in [2.45, 2.75) is 73.9 Å². The number of piperidine rings is 1. The van der Waals surface area contributed by atoms with Crippen molar-refractivity contribution in [1.82, 2.24) is 5.32 Å². The van der Waals surface area contributed by atoms with Gasteiger partial charge in [-0.3, -0.25) is 0 Å². The van der Waals surface area contributed by atoms with E-state index in [4.69, 9.17) is 9.47 Å². The number of methoxy groups -OCH3 is 1. The molecule has 0 amide bonds. The third kappa shape index (κ3) is 3.88. The van der Waals surface area contributed by atoms with Crippen molar-refractivity contribution in [3.63, 3.8) is 0 Å². The molecule has 8 N–H and O–H groups in total. The molecule has 0 aliphatic carbocycles. The van der Waals surface area contributed by atoms with Gasteiger partial charge >= 0.3 is 0 Å². The molecule has 2 heterocycles. The summed E-state index contributed by atoms with van der Waals surface area (Å²) in [7, 11) is 1.30. The molecule has 0 aromatic heterocycles. The quantitative estimate of drug-likeness (QED) is 0.241. The number of nitrogens with one attached hydrogen (secondary N) is 1. The van der Waals surface area contributed by atoms with Gasteiger partial charge in [-0.25, -0.2) is 0 Å². The Morgan fingerprint density at radius 3 is 1.96 bits per heavy atom. The normalized spacial score (nSPS) is 50.0. The number of hydrogen-bond donors (Lipinski definition) is 8. The summed E-state index contributed by atoms with van der Waals surface area (Å²) in [4.78, 5) is 0. The molecule has 10 nitrogen and oxygen atoms in total. The Kier molecular flexibility index (Phi) is 6.90. The van der Waals surface area contributed by atoms with Gasteiger partial charge in [-0.05, 0) is 12.8 Å². The molecule has 2 fully saturated rings. The molecule has 0 spiro atoms. The minimum atomic E-state index is -1.43. The summed E-state index contributed by atoms with van der Waals surface area (Å²) in [5.74, 6) is 0. The summed E-state index contributed by atoms with van der Waals surface area (Å²) in [6, 6.07) is -1.44. The highest BCUT2D eigenvalue weighted by Crippen LogP contribution is 2.26. The van der Waals surface area contributed by atoms with Crippen LogP contribution in [0.5, 0.6) is 0 Å². The Labute approximate surface area is 139 Å². The van der Waals surface area contributed by atoms with Gasteiger partial charge in [0.05, 0.1) is 31.0 Å². The molecule has 2 rings (SSSR count). The van der Waals surface area contributed by atoms with E-state index < -0.39 is 67.7 Å². The van der Waals surface area contributed by atoms with Gasteiger partial charge < -0.3 is 50.5 Å². The van der Waals surface area contributed by atoms with E-state index in [0.717, 1.165) is 0 Å². The lowest BCUT2D eigenvalue weighted by atomic mass is 9.86. The fourth-order valence-corrected chi connectivity index (χ4v) is 3.26. The van der Waals surface area contributed by atoms with Crippen molar-refractivity contribution in [3.8, 4) is 0 Å². The lowest BCUT2D eigenvalue weighted by Gasteiger charge is -2.43. The van der Waals surface area contributed by atoms with E-state index in [2.05, 4.69) is 5.32 Å². The zero-order chi connectivity index (χ0) is 18.0. The van der Waals surface area contributed by atoms with Crippen molar-refractivity contribution < 1.29 is 45.2 Å². The fraction of sp³-hybridized carbons (Fsp3) is 1.00. The van der Waals surface area contributed by atoms with Crippen LogP contribution in [0.15, 0.2) is 0 Å². The second-order valence-corrected chi connectivity index (χ2v) is 6.36. The van der Waals surface area contributed by atoms with Crippen LogP contribution in [0.2, 0.25) is 0 Å². The van der Waals surface area contributed by atoms with Crippen LogP contribution in [-0.2, 0) is 9.47 Å². The van der Waals surface area contributed by atoms with Crippen molar-refractivity contribution in [2.75, 3.05) is 13.7 Å². The predicted octanol–water partition coefficient (Wildman–Crippen LogP) is -4.36. The molecule has 0 aromatic carbocycles. The van der Waals surface area contributed by atoms with Crippen molar-refractivity contribution in [3.05, 3.63) is 0 Å². The number of rotatable bonds is 5. The molecule has 2 saturated heterocycles. The number of hydrogen-bond acceptors (Lipinski definition) is 10. The van der Waals surface area contributed by atoms with Crippen LogP contribution < -0.4 is 5.32 Å². The minimum Gasteiger partial charge on any atom is -0.395 e. The predicted molar refractivity (Wildman–Crippen MR) is 78.7 cm³/mol. The van der Waals surface area contributed by atoms with Gasteiger partial charge in [0.25, 0.3) is 0 Å². The largest absolute Gasteiger partial charge is 0.395 e. The molecule has 24 heavy (non-hydrogen) atoms. The van der Waals surface area contributed by atoms with Gasteiger partial charge in [0.15, 0.2) is 6.29 Å². The molecular weight excluding hydrogens is 326 g/mol. The smallest absolute Gasteiger partial charge is 0.186 e. The van der Waals surface area contributed by atoms with Crippen LogP contribution in [0, 0.1) is 0 Å². The van der Waals surface area contributed by atoms with Crippen molar-refractivity contribution in [1.29, 1.82) is 0 Å². The molecule has 0 bridgehead atoms. The zero-order valence-electron chi connectivity index (χ0n) is 13.3. The zero-order valence-corrected chi connectivity index (χ0v) is 13.3. The van der Waals surface area contributed by atoms with Crippen LogP contribution in [0.25, 0.3) is 0 Å². The summed E-state index contributed by atoms with van der Waals surface area (Å²) in [6.45, 7) is -0.416. The molecule has 0 aromatic rings. The molecule has 0 saturated carbocycles. The Morgan fingerprint density at radius 2 is 1.38 bits per heavy atom. The maximum absolute atomic E-state index is 10.0. The summed E-state index contributed by atoms with van der Waals surface area (Å²) in [5.41, 5.74) is 0. The molecule has 2 aliphatic rings. The van der Waals surface area contributed by atoms with E-state index in [9.17, 15) is 35.7 Å². The second-order valence-electron chi connectivity index (χ2n) is 6.36. The van der Waals surface area contributed by atoms with Gasteiger partial charge in [-0.2, -0.15) is 0 Å². The first-order valence-corrected chi connectivity index (χ1v) is 7.95. The van der Waals surface area contributed by atoms with E-state index in [1.54, 1.807) is 0 Å². The molecule has 10 atom stereocenters. The summed E-state index contributed by atoms with van der Waals surface area (Å²) >= 11 is 0. The third-order valence-corrected chi connectivity index (χ3v) is 4.81. The molecule has 0 radical (unpaired) electrons. The highest BCUT2D eigenvalue weighted by molar-refractivity contribution is 4.99. The SMILES string of the molecule is CO[C@H]1O[C@H](CC[C@@H]2N[C@H](CO)[C@H](O)[C@H](O)[C@H]2O)[C@@H](O)[C@H](O)[C@H]1O. The third-order valence-electron chi connectivity index (χ3n) is 4.81. The van der Waals surface area contributed by atoms with E-state index in [1.807, 2.05) is 0 Å². The first kappa shape index (κ1) is 19.9. The van der Waals surface area contributed by atoms with Crippen LogP contribution in [0.1, 0.15) is 12.8 Å². The van der Waals surface area contributed by atoms with Crippen LogP contribution in [0.3, 0.4) is 0 Å². The first-order chi connectivity index (χ1) is 11.3. The maximum atomic E-state index is 10.0. The van der Waals surface area contributed by atoms with Crippen molar-refractivity contribution in [2.24, 2.45) is 0 Å². The van der Waals surface area contributed by atoms with Crippen molar-refractivity contribution >= 4 is 0 Å². The highest BCUT2D eigenvalue weighted by atomic mass is 16.7. The lowest BCUT2D eigenvalue weighted by Crippen LogP contribution is -2.66. The Morgan fingerprint density at radius 1 is 0.792 bits per heavy atom. The summed E-state index contributed by atoms with van der Waals surface area (Å²) < 4.78 is 10.3. The van der Waals surface area contributed by atoms with Crippen LogP contribution >= 0.6 is 0 Å². The Bertz CT molecular complexity index is 360. The summed E-state index contributed by atoms with van der Waals surface area (Å²) in [6.07, 6.45) is -9.66. The number of ether oxygens (including phenoxy) is 2. The van der Waals surface area contributed by atoms with E-state index >= 15 is 0 Å². The molecule has 0 unspecified atom stereocenters. The molecular formula is C14H27NO9. The monoisotopic (exact) mass is 353 g/mol. The molecule has 10 heteroatoms. The van der Waals surface area contributed by atoms with Crippen LogP contribution in [-0.4, -0.2) is 111 Å². The number of aliphatic hydroxyl groups is 7. The average molecular weight is 353 g/mol. The Balaban J connectivity index is 1.96. The topological polar surface area (TPSA) is 172 Å². The van der Waals surface area contributed by atoms with Gasteiger partial charge in [0, 0.05) is 13.2 Å². The summed E-state index contributed by atoms with van der Waals surface area (Å²) in [5, 5.41) is 71.2. The van der Waals surface area contributed by atoms with E-state index in [-0.39, 0.29) is 12.8 Å². The standard InChI is InChI=1S/C14H27NO9/c1-23-14-13(22)12(21)10(19)7(24-14)3-2-5-8(17)11(20)9(18)6(4-16)15-5/h5-22H,2-4H2,1H3/t5-,6+,7+,8-,9-,10+,11+,12-,13+,14-/m0/s1. The molecule has 142 valence electrons. The fourth-order valence-electron chi connectivity index (χ4n) is 3.26. The highest BCUT2D eigenvalue weighted by Gasteiger charge is 2.45. The second kappa shape index (κ2) is 8.32. The average Bonchev–Trinajstić information content (AvgIpc) is 2.58. The maximum Gasteiger partial charge on any atom is 0.186 e. The van der Waals surface area contributed by atoms with E-state index in [0.29, 0.717) is 0 Å². The van der Waals surface area contributed by atoms with Gasteiger partial charge in [0.2, 0.25) is 0 Å². The van der Waals surface area contributed by atoms with Gasteiger partial charge in [0.1, 0.15) is 24.4 Å². The Hall–Kier alpha value is -0.400. The molecule has 2 aliphatic heterocycles. The first-order valence-electron chi connectivity index (χ1n) is 7.95. The minimum absolute atomic E-state index is 0.181. The van der Waals surface area contributed by atoms with E-state index in [1.165, 1.54) is 7.11 Å². The lowest BCUT2D eigenvalue weighted by molar-refractivity contribution is -0.291.